The van der Waals surface area contributed by atoms with E-state index in [0.29, 0.717) is 11.1 Å². The highest BCUT2D eigenvalue weighted by molar-refractivity contribution is 7.89. The maximum Gasteiger partial charge on any atom is 0.337 e. The maximum absolute atomic E-state index is 14.2. The van der Waals surface area contributed by atoms with Crippen LogP contribution in [0.15, 0.2) is 83.8 Å². The highest BCUT2D eigenvalue weighted by atomic mass is 32.2. The van der Waals surface area contributed by atoms with Crippen LogP contribution in [-0.4, -0.2) is 25.8 Å². The second kappa shape index (κ2) is 8.98. The number of carbonyl (C=O) groups is 1. The maximum atomic E-state index is 14.2. The molecule has 5 nitrogen and oxygen atoms in total. The molecule has 0 aliphatic heterocycles. The van der Waals surface area contributed by atoms with Gasteiger partial charge < -0.3 is 4.74 Å². The van der Waals surface area contributed by atoms with E-state index in [1.807, 2.05) is 30.3 Å². The number of halogens is 1. The van der Waals surface area contributed by atoms with Crippen molar-refractivity contribution in [1.29, 1.82) is 0 Å². The Bertz CT molecular complexity index is 1080. The summed E-state index contributed by atoms with van der Waals surface area (Å²) in [4.78, 5) is 11.2. The van der Waals surface area contributed by atoms with Crippen molar-refractivity contribution >= 4 is 16.0 Å². The lowest BCUT2D eigenvalue weighted by molar-refractivity contribution is 0.0600. The van der Waals surface area contributed by atoms with E-state index < -0.39 is 21.8 Å². The Morgan fingerprint density at radius 1 is 0.862 bits per heavy atom. The van der Waals surface area contributed by atoms with E-state index in [0.717, 1.165) is 11.6 Å². The molecule has 0 atom stereocenters. The summed E-state index contributed by atoms with van der Waals surface area (Å²) in [6.45, 7) is 0.100. The first-order chi connectivity index (χ1) is 13.9. The molecular formula is C22H20FNO4S. The second-order valence-corrected chi connectivity index (χ2v) is 8.28. The molecule has 0 saturated carbocycles. The summed E-state index contributed by atoms with van der Waals surface area (Å²) in [6, 6.07) is 20.8. The van der Waals surface area contributed by atoms with Crippen molar-refractivity contribution < 1.29 is 22.3 Å². The molecule has 0 unspecified atom stereocenters. The fourth-order valence-electron chi connectivity index (χ4n) is 2.87. The van der Waals surface area contributed by atoms with Crippen molar-refractivity contribution in [2.75, 3.05) is 7.11 Å². The first-order valence-corrected chi connectivity index (χ1v) is 10.3. The molecule has 3 aromatic rings. The molecule has 0 spiro atoms. The van der Waals surface area contributed by atoms with Gasteiger partial charge in [0.1, 0.15) is 10.7 Å². The van der Waals surface area contributed by atoms with Gasteiger partial charge in [-0.1, -0.05) is 54.6 Å². The van der Waals surface area contributed by atoms with E-state index in [9.17, 15) is 17.6 Å². The quantitative estimate of drug-likeness (QED) is 0.549. The van der Waals surface area contributed by atoms with Gasteiger partial charge in [0.05, 0.1) is 12.7 Å². The van der Waals surface area contributed by atoms with Gasteiger partial charge in [0.2, 0.25) is 10.0 Å². The minimum absolute atomic E-state index is 0.0208. The molecule has 3 aromatic carbocycles. The number of nitrogens with zero attached hydrogens (tertiary/aromatic N) is 1. The van der Waals surface area contributed by atoms with Gasteiger partial charge >= 0.3 is 5.97 Å². The lowest BCUT2D eigenvalue weighted by Gasteiger charge is -2.23. The van der Waals surface area contributed by atoms with E-state index in [4.69, 9.17) is 0 Å². The van der Waals surface area contributed by atoms with Gasteiger partial charge in [0.25, 0.3) is 0 Å². The molecular weight excluding hydrogens is 393 g/mol. The zero-order valence-electron chi connectivity index (χ0n) is 15.8. The fraction of sp³-hybridized carbons (Fsp3) is 0.136. The number of esters is 1. The van der Waals surface area contributed by atoms with Gasteiger partial charge in [-0.25, -0.2) is 17.6 Å². The highest BCUT2D eigenvalue weighted by Crippen LogP contribution is 2.23. The molecule has 0 saturated heterocycles. The molecule has 0 N–H and O–H groups in total. The summed E-state index contributed by atoms with van der Waals surface area (Å²) in [5.74, 6) is -1.27. The standard InChI is InChI=1S/C22H20FNO4S/c1-28-22(25)19-13-11-18(12-14-19)16-24(15-17-7-3-2-4-8-17)29(26,27)21-10-6-5-9-20(21)23/h2-14H,15-16H2,1H3. The van der Waals surface area contributed by atoms with Gasteiger partial charge in [-0.05, 0) is 35.4 Å². The highest BCUT2D eigenvalue weighted by Gasteiger charge is 2.27. The molecule has 0 amide bonds. The average Bonchev–Trinajstić information content (AvgIpc) is 2.74. The first-order valence-electron chi connectivity index (χ1n) is 8.87. The Morgan fingerprint density at radius 3 is 2.00 bits per heavy atom. The van der Waals surface area contributed by atoms with E-state index in [1.165, 1.54) is 29.6 Å². The van der Waals surface area contributed by atoms with Gasteiger partial charge in [0, 0.05) is 13.1 Å². The zero-order valence-corrected chi connectivity index (χ0v) is 16.6. The van der Waals surface area contributed by atoms with Crippen molar-refractivity contribution in [2.45, 2.75) is 18.0 Å². The number of hydrogen-bond donors (Lipinski definition) is 0. The van der Waals surface area contributed by atoms with E-state index >= 15 is 0 Å². The third-order valence-corrected chi connectivity index (χ3v) is 6.22. The van der Waals surface area contributed by atoms with Gasteiger partial charge in [-0.2, -0.15) is 4.31 Å². The number of benzene rings is 3. The summed E-state index contributed by atoms with van der Waals surface area (Å²) < 4.78 is 46.5. The van der Waals surface area contributed by atoms with Crippen LogP contribution < -0.4 is 0 Å². The Kier molecular flexibility index (Phi) is 6.41. The van der Waals surface area contributed by atoms with Crippen LogP contribution in [0.4, 0.5) is 4.39 Å². The Hall–Kier alpha value is -3.03. The topological polar surface area (TPSA) is 63.7 Å². The summed E-state index contributed by atoms with van der Waals surface area (Å²) in [5, 5.41) is 0. The van der Waals surface area contributed by atoms with E-state index in [1.54, 1.807) is 24.3 Å². The monoisotopic (exact) mass is 413 g/mol. The molecule has 0 radical (unpaired) electrons. The van der Waals surface area contributed by atoms with Crippen molar-refractivity contribution in [3.63, 3.8) is 0 Å². The molecule has 0 aliphatic carbocycles. The Morgan fingerprint density at radius 2 is 1.41 bits per heavy atom. The molecule has 3 rings (SSSR count). The second-order valence-electron chi connectivity index (χ2n) is 6.38. The number of rotatable bonds is 7. The molecule has 150 valence electrons. The summed E-state index contributed by atoms with van der Waals surface area (Å²) in [7, 11) is -2.80. The molecule has 29 heavy (non-hydrogen) atoms. The summed E-state index contributed by atoms with van der Waals surface area (Å²) >= 11 is 0. The third kappa shape index (κ3) is 4.88. The van der Waals surface area contributed by atoms with Gasteiger partial charge in [-0.3, -0.25) is 0 Å². The van der Waals surface area contributed by atoms with Crippen LogP contribution in [0.3, 0.4) is 0 Å². The van der Waals surface area contributed by atoms with Crippen LogP contribution in [0.1, 0.15) is 21.5 Å². The summed E-state index contributed by atoms with van der Waals surface area (Å²) in [5.41, 5.74) is 1.80. The SMILES string of the molecule is COC(=O)c1ccc(CN(Cc2ccccc2)S(=O)(=O)c2ccccc2F)cc1. The van der Waals surface area contributed by atoms with Crippen LogP contribution in [0.25, 0.3) is 0 Å². The number of carbonyl (C=O) groups excluding carboxylic acids is 1. The van der Waals surface area contributed by atoms with Crippen LogP contribution in [0.5, 0.6) is 0 Å². The van der Waals surface area contributed by atoms with Crippen LogP contribution in [-0.2, 0) is 27.8 Å². The normalized spacial score (nSPS) is 11.4. The van der Waals surface area contributed by atoms with Gasteiger partial charge in [0.15, 0.2) is 0 Å². The minimum Gasteiger partial charge on any atom is -0.465 e. The largest absolute Gasteiger partial charge is 0.465 e. The number of methoxy groups -OCH3 is 1. The molecule has 0 aromatic heterocycles. The van der Waals surface area contributed by atoms with Crippen LogP contribution in [0, 0.1) is 5.82 Å². The Labute approximate surface area is 169 Å². The minimum atomic E-state index is -4.09. The molecule has 0 aliphatic rings. The van der Waals surface area contributed by atoms with Crippen molar-refractivity contribution in [3.05, 3.63) is 101 Å². The van der Waals surface area contributed by atoms with Crippen molar-refractivity contribution in [1.82, 2.24) is 4.31 Å². The predicted octanol–water partition coefficient (Wildman–Crippen LogP) is 4.00. The fourth-order valence-corrected chi connectivity index (χ4v) is 4.35. The predicted molar refractivity (Wildman–Crippen MR) is 107 cm³/mol. The zero-order chi connectivity index (χ0) is 20.9. The number of sulfonamides is 1. The van der Waals surface area contributed by atoms with E-state index in [-0.39, 0.29) is 18.0 Å². The molecule has 7 heteroatoms. The average molecular weight is 413 g/mol. The number of ether oxygens (including phenoxy) is 1. The third-order valence-electron chi connectivity index (χ3n) is 4.39. The van der Waals surface area contributed by atoms with Crippen molar-refractivity contribution in [3.8, 4) is 0 Å². The van der Waals surface area contributed by atoms with Crippen LogP contribution in [0.2, 0.25) is 0 Å². The lowest BCUT2D eigenvalue weighted by Crippen LogP contribution is -2.31. The summed E-state index contributed by atoms with van der Waals surface area (Å²) in [6.07, 6.45) is 0. The Balaban J connectivity index is 1.95. The molecule has 0 fully saturated rings. The molecule has 0 heterocycles. The smallest absolute Gasteiger partial charge is 0.337 e. The first kappa shape index (κ1) is 20.7. The molecule has 0 bridgehead atoms. The number of hydrogen-bond acceptors (Lipinski definition) is 4. The lowest BCUT2D eigenvalue weighted by atomic mass is 10.1. The van der Waals surface area contributed by atoms with Crippen LogP contribution >= 0.6 is 0 Å². The van der Waals surface area contributed by atoms with E-state index in [2.05, 4.69) is 4.74 Å². The van der Waals surface area contributed by atoms with Crippen molar-refractivity contribution in [2.24, 2.45) is 0 Å². The van der Waals surface area contributed by atoms with Gasteiger partial charge in [-0.15, -0.1) is 0 Å².